The first-order chi connectivity index (χ1) is 13.8. The van der Waals surface area contributed by atoms with Crippen LogP contribution in [-0.2, 0) is 16.8 Å². The molecule has 0 atom stereocenters. The number of hydrogen-bond acceptors (Lipinski definition) is 6. The van der Waals surface area contributed by atoms with E-state index in [-0.39, 0.29) is 24.7 Å². The zero-order chi connectivity index (χ0) is 20.6. The van der Waals surface area contributed by atoms with Crippen LogP contribution in [0.3, 0.4) is 0 Å². The fourth-order valence-corrected chi connectivity index (χ4v) is 3.43. The van der Waals surface area contributed by atoms with Crippen LogP contribution in [0.15, 0.2) is 42.6 Å². The van der Waals surface area contributed by atoms with Gasteiger partial charge in [0.25, 0.3) is 0 Å². The largest absolute Gasteiger partial charge is 0.386 e. The van der Waals surface area contributed by atoms with Crippen LogP contribution in [0.2, 0.25) is 0 Å². The number of rotatable bonds is 5. The molecule has 2 N–H and O–H groups in total. The van der Waals surface area contributed by atoms with Crippen molar-refractivity contribution in [2.75, 3.05) is 24.5 Å². The lowest BCUT2D eigenvalue weighted by atomic mass is 9.96. The Morgan fingerprint density at radius 1 is 1.24 bits per heavy atom. The minimum Gasteiger partial charge on any atom is -0.386 e. The molecule has 1 saturated heterocycles. The minimum absolute atomic E-state index is 0.0436. The molecular formula is C21H23N5O3. The monoisotopic (exact) mass is 393 g/mol. The molecule has 0 aliphatic carbocycles. The second kappa shape index (κ2) is 7.29. The van der Waals surface area contributed by atoms with Gasteiger partial charge in [-0.15, -0.1) is 0 Å². The molecule has 150 valence electrons. The maximum absolute atomic E-state index is 12.8. The highest BCUT2D eigenvalue weighted by atomic mass is 16.3. The lowest BCUT2D eigenvalue weighted by Gasteiger charge is -2.28. The average molecular weight is 393 g/mol. The van der Waals surface area contributed by atoms with Gasteiger partial charge in [0.1, 0.15) is 5.82 Å². The standard InChI is InChI=1S/C21H23N5O3/c1-21(2,29)15-5-3-14(4-6-15)17(27)11-16-12-20(25-10-9-22-19(28)13-25)26-18(24-16)7-8-23-26/h3-8,12,29H,9-11,13H2,1-2H3,(H,22,28). The number of benzene rings is 1. The summed E-state index contributed by atoms with van der Waals surface area (Å²) < 4.78 is 1.69. The number of carbonyl (C=O) groups is 2. The van der Waals surface area contributed by atoms with Gasteiger partial charge in [-0.3, -0.25) is 9.59 Å². The van der Waals surface area contributed by atoms with Crippen molar-refractivity contribution in [3.8, 4) is 0 Å². The number of Topliss-reactive ketones (excluding diaryl/α,β-unsaturated/α-hetero) is 1. The molecular weight excluding hydrogens is 370 g/mol. The number of ketones is 1. The van der Waals surface area contributed by atoms with Crippen LogP contribution in [0.1, 0.15) is 35.5 Å². The van der Waals surface area contributed by atoms with Crippen molar-refractivity contribution in [2.24, 2.45) is 0 Å². The first-order valence-electron chi connectivity index (χ1n) is 9.53. The van der Waals surface area contributed by atoms with Gasteiger partial charge in [-0.2, -0.15) is 9.61 Å². The first kappa shape index (κ1) is 19.1. The molecule has 8 nitrogen and oxygen atoms in total. The highest BCUT2D eigenvalue weighted by molar-refractivity contribution is 5.97. The highest BCUT2D eigenvalue weighted by Crippen LogP contribution is 2.22. The number of anilines is 1. The van der Waals surface area contributed by atoms with Gasteiger partial charge in [0.15, 0.2) is 11.4 Å². The van der Waals surface area contributed by atoms with Crippen LogP contribution in [0, 0.1) is 0 Å². The van der Waals surface area contributed by atoms with Crippen molar-refractivity contribution in [3.05, 3.63) is 59.4 Å². The number of carbonyl (C=O) groups excluding carboxylic acids is 2. The maximum atomic E-state index is 12.8. The van der Waals surface area contributed by atoms with Gasteiger partial charge in [-0.05, 0) is 19.4 Å². The molecule has 1 aromatic carbocycles. The quantitative estimate of drug-likeness (QED) is 0.634. The number of aromatic nitrogens is 3. The molecule has 2 aromatic heterocycles. The van der Waals surface area contributed by atoms with E-state index in [1.807, 2.05) is 11.0 Å². The summed E-state index contributed by atoms with van der Waals surface area (Å²) in [7, 11) is 0. The van der Waals surface area contributed by atoms with Crippen molar-refractivity contribution >= 4 is 23.2 Å². The molecule has 0 unspecified atom stereocenters. The van der Waals surface area contributed by atoms with Crippen LogP contribution in [-0.4, -0.2) is 51.0 Å². The molecule has 1 amide bonds. The van der Waals surface area contributed by atoms with Crippen LogP contribution in [0.4, 0.5) is 5.82 Å². The molecule has 1 fully saturated rings. The summed E-state index contributed by atoms with van der Waals surface area (Å²) in [4.78, 5) is 31.1. The average Bonchev–Trinajstić information content (AvgIpc) is 3.15. The van der Waals surface area contributed by atoms with E-state index in [2.05, 4.69) is 15.4 Å². The Labute approximate surface area is 168 Å². The van der Waals surface area contributed by atoms with Gasteiger partial charge in [0.05, 0.1) is 30.5 Å². The Kier molecular flexibility index (Phi) is 4.79. The predicted octanol–water partition coefficient (Wildman–Crippen LogP) is 1.32. The lowest BCUT2D eigenvalue weighted by Crippen LogP contribution is -2.48. The molecule has 3 heterocycles. The van der Waals surface area contributed by atoms with Gasteiger partial charge in [-0.1, -0.05) is 24.3 Å². The van der Waals surface area contributed by atoms with E-state index in [1.165, 1.54) is 0 Å². The fraction of sp³-hybridized carbons (Fsp3) is 0.333. The summed E-state index contributed by atoms with van der Waals surface area (Å²) in [6, 6.07) is 10.6. The van der Waals surface area contributed by atoms with Crippen molar-refractivity contribution in [3.63, 3.8) is 0 Å². The summed E-state index contributed by atoms with van der Waals surface area (Å²) in [6.45, 7) is 4.88. The van der Waals surface area contributed by atoms with Crippen molar-refractivity contribution in [1.82, 2.24) is 19.9 Å². The molecule has 29 heavy (non-hydrogen) atoms. The molecule has 0 spiro atoms. The van der Waals surface area contributed by atoms with Crippen molar-refractivity contribution in [2.45, 2.75) is 25.9 Å². The summed E-state index contributed by atoms with van der Waals surface area (Å²) >= 11 is 0. The fourth-order valence-electron chi connectivity index (χ4n) is 3.43. The zero-order valence-electron chi connectivity index (χ0n) is 16.4. The normalized spacial score (nSPS) is 14.9. The second-order valence-corrected chi connectivity index (χ2v) is 7.71. The van der Waals surface area contributed by atoms with Gasteiger partial charge in [0, 0.05) is 30.8 Å². The third kappa shape index (κ3) is 3.97. The number of piperazine rings is 1. The SMILES string of the molecule is CC(C)(O)c1ccc(C(=O)Cc2cc(N3CCNC(=O)C3)n3nccc3n2)cc1. The zero-order valence-corrected chi connectivity index (χ0v) is 16.4. The molecule has 1 aliphatic heterocycles. The van der Waals surface area contributed by atoms with Crippen LogP contribution >= 0.6 is 0 Å². The van der Waals surface area contributed by atoms with Crippen molar-refractivity contribution < 1.29 is 14.7 Å². The maximum Gasteiger partial charge on any atom is 0.239 e. The Morgan fingerprint density at radius 2 is 2.00 bits per heavy atom. The molecule has 0 bridgehead atoms. The van der Waals surface area contributed by atoms with Gasteiger partial charge < -0.3 is 15.3 Å². The number of fused-ring (bicyclic) bond motifs is 1. The van der Waals surface area contributed by atoms with E-state index in [9.17, 15) is 14.7 Å². The third-order valence-corrected chi connectivity index (χ3v) is 5.01. The van der Waals surface area contributed by atoms with Gasteiger partial charge in [-0.25, -0.2) is 4.98 Å². The van der Waals surface area contributed by atoms with Crippen molar-refractivity contribution in [1.29, 1.82) is 0 Å². The number of hydrogen-bond donors (Lipinski definition) is 2. The van der Waals surface area contributed by atoms with Crippen LogP contribution in [0.5, 0.6) is 0 Å². The molecule has 3 aromatic rings. The second-order valence-electron chi connectivity index (χ2n) is 7.71. The van der Waals surface area contributed by atoms with Crippen LogP contribution in [0.25, 0.3) is 5.65 Å². The number of amides is 1. The molecule has 0 radical (unpaired) electrons. The van der Waals surface area contributed by atoms with Crippen LogP contribution < -0.4 is 10.2 Å². The lowest BCUT2D eigenvalue weighted by molar-refractivity contribution is -0.120. The predicted molar refractivity (Wildman–Crippen MR) is 108 cm³/mol. The van der Waals surface area contributed by atoms with E-state index < -0.39 is 5.60 Å². The number of aliphatic hydroxyl groups is 1. The summed E-state index contributed by atoms with van der Waals surface area (Å²) in [6.07, 6.45) is 1.79. The molecule has 4 rings (SSSR count). The topological polar surface area (TPSA) is 99.8 Å². The molecule has 8 heteroatoms. The van der Waals surface area contributed by atoms with E-state index in [0.29, 0.717) is 30.0 Å². The summed E-state index contributed by atoms with van der Waals surface area (Å²) in [5, 5.41) is 17.2. The van der Waals surface area contributed by atoms with E-state index >= 15 is 0 Å². The minimum atomic E-state index is -0.953. The number of nitrogens with zero attached hydrogens (tertiary/aromatic N) is 4. The first-order valence-corrected chi connectivity index (χ1v) is 9.53. The van der Waals surface area contributed by atoms with E-state index in [0.717, 1.165) is 11.4 Å². The Morgan fingerprint density at radius 3 is 2.69 bits per heavy atom. The highest BCUT2D eigenvalue weighted by Gasteiger charge is 2.21. The Hall–Kier alpha value is -3.26. The Balaban J connectivity index is 1.61. The number of nitrogens with one attached hydrogen (secondary N) is 1. The summed E-state index contributed by atoms with van der Waals surface area (Å²) in [5.74, 6) is 0.638. The third-order valence-electron chi connectivity index (χ3n) is 5.01. The molecule has 1 aliphatic rings. The van der Waals surface area contributed by atoms with Gasteiger partial charge in [0.2, 0.25) is 5.91 Å². The Bertz CT molecular complexity index is 1070. The summed E-state index contributed by atoms with van der Waals surface area (Å²) in [5.41, 5.74) is 1.61. The smallest absolute Gasteiger partial charge is 0.239 e. The molecule has 0 saturated carbocycles. The van der Waals surface area contributed by atoms with E-state index in [1.54, 1.807) is 54.9 Å². The van der Waals surface area contributed by atoms with E-state index in [4.69, 9.17) is 0 Å². The van der Waals surface area contributed by atoms with Gasteiger partial charge >= 0.3 is 0 Å².